The van der Waals surface area contributed by atoms with Gasteiger partial charge in [0.25, 0.3) is 0 Å². The fourth-order valence-corrected chi connectivity index (χ4v) is 4.60. The van der Waals surface area contributed by atoms with E-state index in [4.69, 9.17) is 4.42 Å². The van der Waals surface area contributed by atoms with Crippen LogP contribution < -0.4 is 15.8 Å². The molecular weight excluding hydrogens is 444 g/mol. The van der Waals surface area contributed by atoms with Crippen LogP contribution in [0, 0.1) is 0 Å². The van der Waals surface area contributed by atoms with Gasteiger partial charge in [0.15, 0.2) is 5.58 Å². The lowest BCUT2D eigenvalue weighted by molar-refractivity contribution is -0.122. The van der Waals surface area contributed by atoms with Crippen molar-refractivity contribution >= 4 is 27.0 Å². The molecule has 1 atom stereocenters. The number of hydrogen-bond acceptors (Lipinski definition) is 6. The molecule has 4 aromatic rings. The minimum atomic E-state index is -4.10. The molecule has 2 heterocycles. The first-order valence-corrected chi connectivity index (χ1v) is 11.6. The van der Waals surface area contributed by atoms with E-state index in [1.54, 1.807) is 18.5 Å². The maximum absolute atomic E-state index is 13.1. The highest BCUT2D eigenvalue weighted by atomic mass is 32.2. The molecule has 0 aliphatic rings. The van der Waals surface area contributed by atoms with E-state index in [1.165, 1.54) is 29.8 Å². The summed E-state index contributed by atoms with van der Waals surface area (Å²) in [6.07, 6.45) is 3.41. The fourth-order valence-electron chi connectivity index (χ4n) is 3.39. The van der Waals surface area contributed by atoms with Gasteiger partial charge in [-0.3, -0.25) is 14.3 Å². The van der Waals surface area contributed by atoms with E-state index >= 15 is 0 Å². The lowest BCUT2D eigenvalue weighted by atomic mass is 10.1. The lowest BCUT2D eigenvalue weighted by Crippen LogP contribution is -2.47. The Morgan fingerprint density at radius 3 is 2.58 bits per heavy atom. The van der Waals surface area contributed by atoms with Crippen molar-refractivity contribution in [1.29, 1.82) is 0 Å². The Morgan fingerprint density at radius 2 is 1.85 bits per heavy atom. The zero-order valence-electron chi connectivity index (χ0n) is 17.8. The summed E-state index contributed by atoms with van der Waals surface area (Å²) >= 11 is 0. The average Bonchev–Trinajstić information content (AvgIpc) is 3.11. The molecule has 2 N–H and O–H groups in total. The van der Waals surface area contributed by atoms with E-state index in [0.717, 1.165) is 11.1 Å². The van der Waals surface area contributed by atoms with Crippen LogP contribution in [0.25, 0.3) is 11.1 Å². The number of oxazole rings is 1. The molecule has 0 aliphatic heterocycles. The first-order valence-electron chi connectivity index (χ1n) is 10.2. The molecule has 0 aliphatic carbocycles. The van der Waals surface area contributed by atoms with Crippen molar-refractivity contribution in [2.45, 2.75) is 23.9 Å². The van der Waals surface area contributed by atoms with Crippen LogP contribution >= 0.6 is 0 Å². The van der Waals surface area contributed by atoms with Gasteiger partial charge in [-0.25, -0.2) is 13.2 Å². The van der Waals surface area contributed by atoms with Crippen LogP contribution in [0.4, 0.5) is 0 Å². The van der Waals surface area contributed by atoms with Crippen LogP contribution in [0.3, 0.4) is 0 Å². The molecule has 0 fully saturated rings. The van der Waals surface area contributed by atoms with Crippen LogP contribution in [0.2, 0.25) is 0 Å². The highest BCUT2D eigenvalue weighted by Crippen LogP contribution is 2.19. The van der Waals surface area contributed by atoms with Crippen LogP contribution in [0.1, 0.15) is 11.1 Å². The Balaban J connectivity index is 1.59. The predicted molar refractivity (Wildman–Crippen MR) is 122 cm³/mol. The zero-order chi connectivity index (χ0) is 23.4. The van der Waals surface area contributed by atoms with E-state index < -0.39 is 27.7 Å². The summed E-state index contributed by atoms with van der Waals surface area (Å²) in [7, 11) is -2.57. The molecule has 4 rings (SSSR count). The van der Waals surface area contributed by atoms with Gasteiger partial charge in [0.1, 0.15) is 6.04 Å². The molecule has 0 unspecified atom stereocenters. The molecule has 33 heavy (non-hydrogen) atoms. The second-order valence-corrected chi connectivity index (χ2v) is 9.21. The largest absolute Gasteiger partial charge is 0.419 e. The topological polar surface area (TPSA) is 123 Å². The van der Waals surface area contributed by atoms with Gasteiger partial charge in [0.05, 0.1) is 10.4 Å². The van der Waals surface area contributed by atoms with Crippen molar-refractivity contribution in [2.24, 2.45) is 7.05 Å². The SMILES string of the molecule is Cn1c(=O)oc2cc(S(=O)(=O)N[C@H](Cc3ccccc3)C(=O)NCc3cccnc3)ccc21. The smallest absolute Gasteiger partial charge is 0.408 e. The zero-order valence-corrected chi connectivity index (χ0v) is 18.6. The molecule has 0 spiro atoms. The molecule has 1 amide bonds. The highest BCUT2D eigenvalue weighted by molar-refractivity contribution is 7.89. The fraction of sp³-hybridized carbons (Fsp3) is 0.174. The molecule has 0 saturated heterocycles. The van der Waals surface area contributed by atoms with E-state index in [9.17, 15) is 18.0 Å². The number of carbonyl (C=O) groups is 1. The molecule has 0 bridgehead atoms. The number of sulfonamides is 1. The van der Waals surface area contributed by atoms with Gasteiger partial charge in [0.2, 0.25) is 15.9 Å². The Bertz CT molecular complexity index is 1430. The maximum Gasteiger partial charge on any atom is 0.419 e. The molecule has 10 heteroatoms. The van der Waals surface area contributed by atoms with E-state index in [-0.39, 0.29) is 23.4 Å². The van der Waals surface area contributed by atoms with Gasteiger partial charge in [-0.1, -0.05) is 36.4 Å². The summed E-state index contributed by atoms with van der Waals surface area (Å²) in [6, 6.07) is 15.8. The van der Waals surface area contributed by atoms with Crippen molar-refractivity contribution in [1.82, 2.24) is 19.6 Å². The quantitative estimate of drug-likeness (QED) is 0.408. The Morgan fingerprint density at radius 1 is 1.09 bits per heavy atom. The van der Waals surface area contributed by atoms with Gasteiger partial charge in [-0.05, 0) is 35.7 Å². The Labute approximate surface area is 190 Å². The number of aryl methyl sites for hydroxylation is 1. The van der Waals surface area contributed by atoms with Crippen molar-refractivity contribution < 1.29 is 17.6 Å². The van der Waals surface area contributed by atoms with Gasteiger partial charge in [-0.2, -0.15) is 4.72 Å². The van der Waals surface area contributed by atoms with Gasteiger partial charge in [-0.15, -0.1) is 0 Å². The minimum Gasteiger partial charge on any atom is -0.408 e. The number of fused-ring (bicyclic) bond motifs is 1. The molecule has 0 radical (unpaired) electrons. The standard InChI is InChI=1S/C23H22N4O5S/c1-27-20-10-9-18(13-21(20)32-23(27)29)33(30,31)26-19(12-16-6-3-2-4-7-16)22(28)25-15-17-8-5-11-24-14-17/h2-11,13-14,19,26H,12,15H2,1H3,(H,25,28)/t19-/m1/s1. The summed E-state index contributed by atoms with van der Waals surface area (Å²) in [6.45, 7) is 0.209. The maximum atomic E-state index is 13.1. The third-order valence-electron chi connectivity index (χ3n) is 5.16. The number of benzene rings is 2. The van der Waals surface area contributed by atoms with E-state index in [0.29, 0.717) is 5.52 Å². The number of carbonyl (C=O) groups excluding carboxylic acids is 1. The van der Waals surface area contributed by atoms with Crippen molar-refractivity contribution in [2.75, 3.05) is 0 Å². The van der Waals surface area contributed by atoms with Crippen molar-refractivity contribution in [3.05, 3.63) is 94.7 Å². The molecule has 2 aromatic heterocycles. The van der Waals surface area contributed by atoms with E-state index in [2.05, 4.69) is 15.0 Å². The first kappa shape index (κ1) is 22.4. The molecule has 0 saturated carbocycles. The predicted octanol–water partition coefficient (Wildman–Crippen LogP) is 1.73. The molecule has 170 valence electrons. The van der Waals surface area contributed by atoms with E-state index in [1.807, 2.05) is 36.4 Å². The minimum absolute atomic E-state index is 0.109. The van der Waals surface area contributed by atoms with Crippen molar-refractivity contribution in [3.63, 3.8) is 0 Å². The van der Waals surface area contributed by atoms with Crippen LogP contribution in [0.5, 0.6) is 0 Å². The lowest BCUT2D eigenvalue weighted by Gasteiger charge is -2.19. The van der Waals surface area contributed by atoms with Crippen LogP contribution in [0.15, 0.2) is 87.2 Å². The third kappa shape index (κ3) is 5.18. The monoisotopic (exact) mass is 466 g/mol. The number of nitrogens with zero attached hydrogens (tertiary/aromatic N) is 2. The van der Waals surface area contributed by atoms with Crippen molar-refractivity contribution in [3.8, 4) is 0 Å². The number of rotatable bonds is 8. The summed E-state index contributed by atoms with van der Waals surface area (Å²) in [5.41, 5.74) is 2.20. The second kappa shape index (κ2) is 9.39. The molecule has 9 nitrogen and oxygen atoms in total. The number of hydrogen-bond donors (Lipinski definition) is 2. The number of amides is 1. The number of nitrogens with one attached hydrogen (secondary N) is 2. The second-order valence-electron chi connectivity index (χ2n) is 7.50. The molecule has 2 aromatic carbocycles. The number of aromatic nitrogens is 2. The van der Waals surface area contributed by atoms with Crippen LogP contribution in [-0.4, -0.2) is 29.9 Å². The summed E-state index contributed by atoms with van der Waals surface area (Å²) in [4.78, 5) is 28.6. The highest BCUT2D eigenvalue weighted by Gasteiger charge is 2.27. The number of pyridine rings is 1. The van der Waals surface area contributed by atoms with Gasteiger partial charge < -0.3 is 9.73 Å². The van der Waals surface area contributed by atoms with Gasteiger partial charge >= 0.3 is 5.76 Å². The Hall–Kier alpha value is -3.76. The summed E-state index contributed by atoms with van der Waals surface area (Å²) < 4.78 is 35.1. The summed E-state index contributed by atoms with van der Waals surface area (Å²) in [5.74, 6) is -1.07. The Kier molecular flexibility index (Phi) is 6.38. The molecular formula is C23H22N4O5S. The normalized spacial score (nSPS) is 12.5. The average molecular weight is 467 g/mol. The van der Waals surface area contributed by atoms with Crippen LogP contribution in [-0.2, 0) is 34.8 Å². The third-order valence-corrected chi connectivity index (χ3v) is 6.63. The van der Waals surface area contributed by atoms with Gasteiger partial charge in [0, 0.05) is 32.1 Å². The first-order chi connectivity index (χ1) is 15.8. The summed E-state index contributed by atoms with van der Waals surface area (Å²) in [5, 5.41) is 2.76.